The van der Waals surface area contributed by atoms with Crippen LogP contribution in [0, 0.1) is 0 Å². The second kappa shape index (κ2) is 4.26. The second-order valence-electron chi connectivity index (χ2n) is 3.34. The molecular weight excluding hydrogens is 154 g/mol. The van der Waals surface area contributed by atoms with E-state index in [1.54, 1.807) is 0 Å². The minimum absolute atomic E-state index is 0.125. The predicted molar refractivity (Wildman–Crippen MR) is 48.4 cm³/mol. The first-order valence-electron chi connectivity index (χ1n) is 4.09. The third-order valence-electron chi connectivity index (χ3n) is 2.25. The normalized spacial score (nSPS) is 13.7. The van der Waals surface area contributed by atoms with Crippen molar-refractivity contribution >= 4 is 5.97 Å². The molecule has 1 atom stereocenters. The molecule has 1 unspecified atom stereocenters. The first-order valence-corrected chi connectivity index (χ1v) is 4.09. The molecule has 0 radical (unpaired) electrons. The Bertz CT molecular complexity index is 175. The molecule has 0 aliphatic rings. The Morgan fingerprint density at radius 3 is 2.50 bits per heavy atom. The number of carbonyl (C=O) groups excluding carboxylic acids is 1. The van der Waals surface area contributed by atoms with Crippen molar-refractivity contribution in [3.05, 3.63) is 12.7 Å². The van der Waals surface area contributed by atoms with Gasteiger partial charge in [0.2, 0.25) is 6.23 Å². The molecular formula is C9H18NO2+. The van der Waals surface area contributed by atoms with Crippen molar-refractivity contribution in [2.45, 2.75) is 20.1 Å². The zero-order valence-electron chi connectivity index (χ0n) is 8.33. The summed E-state index contributed by atoms with van der Waals surface area (Å²) < 4.78 is 5.74. The maximum absolute atomic E-state index is 10.8. The summed E-state index contributed by atoms with van der Waals surface area (Å²) in [5.74, 6) is -0.359. The van der Waals surface area contributed by atoms with Crippen molar-refractivity contribution in [1.82, 2.24) is 0 Å². The van der Waals surface area contributed by atoms with Gasteiger partial charge in [-0.3, -0.25) is 4.48 Å². The van der Waals surface area contributed by atoms with Crippen LogP contribution in [-0.4, -0.2) is 37.3 Å². The van der Waals surface area contributed by atoms with E-state index in [4.69, 9.17) is 4.74 Å². The lowest BCUT2D eigenvalue weighted by atomic mass is 10.4. The number of esters is 1. The van der Waals surface area contributed by atoms with Crippen LogP contribution < -0.4 is 0 Å². The highest BCUT2D eigenvalue weighted by Crippen LogP contribution is 2.07. The maximum atomic E-state index is 10.8. The molecule has 0 saturated heterocycles. The van der Waals surface area contributed by atoms with Gasteiger partial charge in [0.1, 0.15) is 0 Å². The molecule has 0 spiro atoms. The largest absolute Gasteiger partial charge is 0.410 e. The molecule has 0 fully saturated rings. The van der Waals surface area contributed by atoms with Crippen molar-refractivity contribution < 1.29 is 14.0 Å². The van der Waals surface area contributed by atoms with Crippen LogP contribution in [0.25, 0.3) is 0 Å². The molecule has 0 amide bonds. The van der Waals surface area contributed by atoms with Gasteiger partial charge < -0.3 is 4.74 Å². The second-order valence-corrected chi connectivity index (χ2v) is 3.34. The molecule has 3 nitrogen and oxygen atoms in total. The van der Waals surface area contributed by atoms with E-state index in [2.05, 4.69) is 13.5 Å². The van der Waals surface area contributed by atoms with E-state index < -0.39 is 0 Å². The van der Waals surface area contributed by atoms with Crippen molar-refractivity contribution in [2.24, 2.45) is 0 Å². The third kappa shape index (κ3) is 3.05. The molecule has 0 bridgehead atoms. The predicted octanol–water partition coefficient (Wildman–Crippen LogP) is 1.16. The zero-order valence-corrected chi connectivity index (χ0v) is 8.33. The number of hydrogen-bond acceptors (Lipinski definition) is 2. The number of carbonyl (C=O) groups is 1. The third-order valence-corrected chi connectivity index (χ3v) is 2.25. The van der Waals surface area contributed by atoms with Gasteiger partial charge in [-0.05, 0) is 6.92 Å². The summed E-state index contributed by atoms with van der Waals surface area (Å²) in [5, 5.41) is 0. The first kappa shape index (κ1) is 11.2. The van der Waals surface area contributed by atoms with E-state index in [0.717, 1.165) is 6.54 Å². The van der Waals surface area contributed by atoms with Gasteiger partial charge in [0, 0.05) is 13.0 Å². The smallest absolute Gasteiger partial charge is 0.334 e. The van der Waals surface area contributed by atoms with E-state index in [1.807, 2.05) is 21.0 Å². The fourth-order valence-corrected chi connectivity index (χ4v) is 0.616. The highest BCUT2D eigenvalue weighted by atomic mass is 16.6. The summed E-state index contributed by atoms with van der Waals surface area (Å²) in [4.78, 5) is 10.8. The molecule has 0 rings (SSSR count). The van der Waals surface area contributed by atoms with Gasteiger partial charge in [-0.15, -0.1) is 0 Å². The highest BCUT2D eigenvalue weighted by Gasteiger charge is 2.24. The molecule has 0 aromatic carbocycles. The number of nitrogens with zero attached hydrogens (tertiary/aromatic N) is 1. The highest BCUT2D eigenvalue weighted by molar-refractivity contribution is 5.81. The van der Waals surface area contributed by atoms with E-state index in [-0.39, 0.29) is 12.2 Å². The number of rotatable bonds is 4. The van der Waals surface area contributed by atoms with Crippen molar-refractivity contribution in [3.63, 3.8) is 0 Å². The molecule has 0 saturated carbocycles. The fourth-order valence-electron chi connectivity index (χ4n) is 0.616. The Morgan fingerprint density at radius 2 is 2.17 bits per heavy atom. The number of ether oxygens (including phenoxy) is 1. The average Bonchev–Trinajstić information content (AvgIpc) is 2.04. The number of quaternary nitrogens is 1. The maximum Gasteiger partial charge on any atom is 0.334 e. The summed E-state index contributed by atoms with van der Waals surface area (Å²) in [7, 11) is 4.03. The van der Waals surface area contributed by atoms with Gasteiger partial charge in [0.25, 0.3) is 0 Å². The van der Waals surface area contributed by atoms with Crippen LogP contribution in [0.5, 0.6) is 0 Å². The summed E-state index contributed by atoms with van der Waals surface area (Å²) >= 11 is 0. The summed E-state index contributed by atoms with van der Waals surface area (Å²) in [6, 6.07) is 0. The van der Waals surface area contributed by atoms with Crippen LogP contribution >= 0.6 is 0 Å². The van der Waals surface area contributed by atoms with Crippen LogP contribution in [0.3, 0.4) is 0 Å². The quantitative estimate of drug-likeness (QED) is 0.275. The lowest BCUT2D eigenvalue weighted by molar-refractivity contribution is -0.931. The number of hydrogen-bond donors (Lipinski definition) is 0. The van der Waals surface area contributed by atoms with E-state index in [9.17, 15) is 4.79 Å². The fraction of sp³-hybridized carbons (Fsp3) is 0.667. The van der Waals surface area contributed by atoms with Gasteiger partial charge >= 0.3 is 5.97 Å². The summed E-state index contributed by atoms with van der Waals surface area (Å²) in [6.07, 6.45) is 1.06. The van der Waals surface area contributed by atoms with Crippen LogP contribution in [0.2, 0.25) is 0 Å². The van der Waals surface area contributed by atoms with Gasteiger partial charge in [0.05, 0.1) is 20.6 Å². The topological polar surface area (TPSA) is 26.3 Å². The van der Waals surface area contributed by atoms with Crippen LogP contribution in [-0.2, 0) is 9.53 Å². The summed E-state index contributed by atoms with van der Waals surface area (Å²) in [6.45, 7) is 8.20. The van der Waals surface area contributed by atoms with Gasteiger partial charge in [0.15, 0.2) is 0 Å². The molecule has 3 heteroatoms. The molecule has 0 N–H and O–H groups in total. The minimum atomic E-state index is -0.359. The molecule has 0 aromatic rings. The minimum Gasteiger partial charge on any atom is -0.410 e. The Hall–Kier alpha value is -0.830. The van der Waals surface area contributed by atoms with Gasteiger partial charge in [-0.25, -0.2) is 4.79 Å². The lowest BCUT2D eigenvalue weighted by Gasteiger charge is -2.33. The van der Waals surface area contributed by atoms with Crippen LogP contribution in [0.15, 0.2) is 12.7 Å². The Kier molecular flexibility index (Phi) is 3.96. The lowest BCUT2D eigenvalue weighted by Crippen LogP contribution is -2.49. The van der Waals surface area contributed by atoms with Crippen LogP contribution in [0.4, 0.5) is 0 Å². The molecule has 12 heavy (non-hydrogen) atoms. The van der Waals surface area contributed by atoms with Crippen molar-refractivity contribution in [1.29, 1.82) is 0 Å². The Morgan fingerprint density at radius 1 is 1.67 bits per heavy atom. The van der Waals surface area contributed by atoms with Crippen LogP contribution in [0.1, 0.15) is 13.8 Å². The van der Waals surface area contributed by atoms with Gasteiger partial charge in [-0.1, -0.05) is 6.58 Å². The zero-order chi connectivity index (χ0) is 9.78. The van der Waals surface area contributed by atoms with E-state index >= 15 is 0 Å². The van der Waals surface area contributed by atoms with E-state index in [1.165, 1.54) is 6.08 Å². The first-order chi connectivity index (χ1) is 5.44. The molecule has 0 aromatic heterocycles. The monoisotopic (exact) mass is 172 g/mol. The molecule has 0 aliphatic heterocycles. The molecule has 0 aliphatic carbocycles. The Labute approximate surface area is 74.2 Å². The molecule has 0 heterocycles. The standard InChI is InChI=1S/C9H18NO2/c1-6-9(11)12-8(3)10(4,5)7-2/h6,8H,1,7H2,2-5H3/q+1. The van der Waals surface area contributed by atoms with Crippen molar-refractivity contribution in [2.75, 3.05) is 20.6 Å². The molecule has 70 valence electrons. The Balaban J connectivity index is 4.11. The van der Waals surface area contributed by atoms with Crippen molar-refractivity contribution in [3.8, 4) is 0 Å². The van der Waals surface area contributed by atoms with Gasteiger partial charge in [-0.2, -0.15) is 0 Å². The average molecular weight is 172 g/mol. The summed E-state index contributed by atoms with van der Waals surface area (Å²) in [5.41, 5.74) is 0. The SMILES string of the molecule is C=CC(=O)OC(C)[N+](C)(C)CC. The van der Waals surface area contributed by atoms with E-state index in [0.29, 0.717) is 4.48 Å².